The zero-order chi connectivity index (χ0) is 13.9. The first-order valence-corrected chi connectivity index (χ1v) is 7.79. The Morgan fingerprint density at radius 3 is 2.43 bits per heavy atom. The van der Waals surface area contributed by atoms with Crippen molar-refractivity contribution in [2.75, 3.05) is 13.1 Å². The lowest BCUT2D eigenvalue weighted by Gasteiger charge is -2.33. The molecule has 1 aromatic rings. The van der Waals surface area contributed by atoms with Crippen molar-refractivity contribution in [2.24, 2.45) is 17.8 Å². The molecule has 1 aliphatic heterocycles. The predicted octanol–water partition coefficient (Wildman–Crippen LogP) is 2.40. The van der Waals surface area contributed by atoms with Crippen LogP contribution in [0, 0.1) is 17.8 Å². The number of benzene rings is 1. The van der Waals surface area contributed by atoms with Crippen LogP contribution in [0.3, 0.4) is 0 Å². The second-order valence-electron chi connectivity index (χ2n) is 6.35. The number of rotatable bonds is 6. The lowest BCUT2D eigenvalue weighted by Crippen LogP contribution is -2.51. The van der Waals surface area contributed by atoms with Crippen LogP contribution in [0.1, 0.15) is 25.3 Å². The summed E-state index contributed by atoms with van der Waals surface area (Å²) in [5.41, 5.74) is 1.32. The van der Waals surface area contributed by atoms with Gasteiger partial charge in [-0.05, 0) is 49.8 Å². The summed E-state index contributed by atoms with van der Waals surface area (Å²) in [6.45, 7) is 4.04. The molecule has 0 aromatic heterocycles. The van der Waals surface area contributed by atoms with Gasteiger partial charge in [-0.3, -0.25) is 4.79 Å². The van der Waals surface area contributed by atoms with E-state index in [0.717, 1.165) is 19.5 Å². The van der Waals surface area contributed by atoms with Gasteiger partial charge >= 0.3 is 0 Å². The maximum atomic E-state index is 12.4. The van der Waals surface area contributed by atoms with Gasteiger partial charge in [0.25, 0.3) is 0 Å². The van der Waals surface area contributed by atoms with Crippen LogP contribution in [0.15, 0.2) is 30.3 Å². The molecule has 3 nitrogen and oxygen atoms in total. The molecular weight excluding hydrogens is 284 g/mol. The van der Waals surface area contributed by atoms with E-state index in [1.165, 1.54) is 18.4 Å². The molecule has 1 saturated heterocycles. The summed E-state index contributed by atoms with van der Waals surface area (Å²) in [7, 11) is 0. The van der Waals surface area contributed by atoms with E-state index in [2.05, 4.69) is 41.8 Å². The third-order valence-corrected chi connectivity index (χ3v) is 4.75. The maximum absolute atomic E-state index is 12.4. The SMILES string of the molecule is CC(C(=O)NC(Cc1ccccc1)C1CC1)C1CNC1.Cl. The molecule has 3 rings (SSSR count). The lowest BCUT2D eigenvalue weighted by molar-refractivity contribution is -0.127. The van der Waals surface area contributed by atoms with Crippen LogP contribution in [0.2, 0.25) is 0 Å². The number of halogens is 1. The fourth-order valence-corrected chi connectivity index (χ4v) is 2.89. The van der Waals surface area contributed by atoms with Gasteiger partial charge in [-0.2, -0.15) is 0 Å². The Bertz CT molecular complexity index is 457. The molecule has 2 N–H and O–H groups in total. The first-order valence-electron chi connectivity index (χ1n) is 7.79. The summed E-state index contributed by atoms with van der Waals surface area (Å²) in [6.07, 6.45) is 3.49. The van der Waals surface area contributed by atoms with E-state index in [9.17, 15) is 4.79 Å². The van der Waals surface area contributed by atoms with E-state index < -0.39 is 0 Å². The van der Waals surface area contributed by atoms with Crippen molar-refractivity contribution in [1.29, 1.82) is 0 Å². The molecule has 2 fully saturated rings. The molecule has 0 spiro atoms. The molecule has 2 aliphatic rings. The molecule has 116 valence electrons. The molecule has 1 heterocycles. The van der Waals surface area contributed by atoms with Gasteiger partial charge in [-0.15, -0.1) is 12.4 Å². The van der Waals surface area contributed by atoms with E-state index in [1.54, 1.807) is 0 Å². The van der Waals surface area contributed by atoms with E-state index in [1.807, 2.05) is 6.07 Å². The van der Waals surface area contributed by atoms with Gasteiger partial charge in [0.05, 0.1) is 0 Å². The summed E-state index contributed by atoms with van der Waals surface area (Å²) < 4.78 is 0. The second kappa shape index (κ2) is 7.28. The Morgan fingerprint density at radius 2 is 1.90 bits per heavy atom. The Labute approximate surface area is 133 Å². The van der Waals surface area contributed by atoms with Crippen LogP contribution in [-0.4, -0.2) is 25.0 Å². The van der Waals surface area contributed by atoms with Gasteiger partial charge in [-0.1, -0.05) is 37.3 Å². The first-order chi connectivity index (χ1) is 9.74. The topological polar surface area (TPSA) is 41.1 Å². The van der Waals surface area contributed by atoms with E-state index in [4.69, 9.17) is 0 Å². The minimum Gasteiger partial charge on any atom is -0.353 e. The number of hydrogen-bond acceptors (Lipinski definition) is 2. The van der Waals surface area contributed by atoms with Gasteiger partial charge in [0.1, 0.15) is 0 Å². The fraction of sp³-hybridized carbons (Fsp3) is 0.588. The highest BCUT2D eigenvalue weighted by molar-refractivity contribution is 5.85. The van der Waals surface area contributed by atoms with Crippen molar-refractivity contribution in [2.45, 2.75) is 32.2 Å². The van der Waals surface area contributed by atoms with Crippen molar-refractivity contribution in [3.63, 3.8) is 0 Å². The van der Waals surface area contributed by atoms with Crippen LogP contribution in [-0.2, 0) is 11.2 Å². The molecule has 2 unspecified atom stereocenters. The molecule has 4 heteroatoms. The van der Waals surface area contributed by atoms with Crippen molar-refractivity contribution in [3.05, 3.63) is 35.9 Å². The van der Waals surface area contributed by atoms with E-state index in [-0.39, 0.29) is 24.2 Å². The summed E-state index contributed by atoms with van der Waals surface area (Å²) >= 11 is 0. The van der Waals surface area contributed by atoms with Gasteiger partial charge < -0.3 is 10.6 Å². The molecule has 1 aromatic carbocycles. The second-order valence-corrected chi connectivity index (χ2v) is 6.35. The van der Waals surface area contributed by atoms with Crippen LogP contribution in [0.25, 0.3) is 0 Å². The summed E-state index contributed by atoms with van der Waals surface area (Å²) in [5.74, 6) is 1.58. The number of carbonyl (C=O) groups excluding carboxylic acids is 1. The van der Waals surface area contributed by atoms with Crippen LogP contribution < -0.4 is 10.6 Å². The highest BCUT2D eigenvalue weighted by Crippen LogP contribution is 2.34. The third-order valence-electron chi connectivity index (χ3n) is 4.75. The van der Waals surface area contributed by atoms with Crippen molar-refractivity contribution in [3.8, 4) is 0 Å². The third kappa shape index (κ3) is 4.21. The molecule has 1 amide bonds. The maximum Gasteiger partial charge on any atom is 0.223 e. The van der Waals surface area contributed by atoms with E-state index >= 15 is 0 Å². The van der Waals surface area contributed by atoms with Crippen LogP contribution in [0.5, 0.6) is 0 Å². The quantitative estimate of drug-likeness (QED) is 0.847. The number of carbonyl (C=O) groups is 1. The predicted molar refractivity (Wildman–Crippen MR) is 87.6 cm³/mol. The van der Waals surface area contributed by atoms with Gasteiger partial charge in [0, 0.05) is 12.0 Å². The standard InChI is InChI=1S/C17H24N2O.ClH/c1-12(15-10-18-11-15)17(20)19-16(14-7-8-14)9-13-5-3-2-4-6-13;/h2-6,12,14-16,18H,7-11H2,1H3,(H,19,20);1H. The minimum atomic E-state index is 0. The average molecular weight is 309 g/mol. The summed E-state index contributed by atoms with van der Waals surface area (Å²) in [4.78, 5) is 12.4. The first kappa shape index (κ1) is 16.3. The zero-order valence-electron chi connectivity index (χ0n) is 12.5. The highest BCUT2D eigenvalue weighted by Gasteiger charge is 2.35. The summed E-state index contributed by atoms with van der Waals surface area (Å²) in [5, 5.41) is 6.55. The number of nitrogens with one attached hydrogen (secondary N) is 2. The number of amides is 1. The Hall–Kier alpha value is -1.06. The monoisotopic (exact) mass is 308 g/mol. The molecule has 1 saturated carbocycles. The lowest BCUT2D eigenvalue weighted by atomic mass is 9.88. The fourth-order valence-electron chi connectivity index (χ4n) is 2.89. The molecule has 0 radical (unpaired) electrons. The van der Waals surface area contributed by atoms with Crippen LogP contribution in [0.4, 0.5) is 0 Å². The molecule has 0 bridgehead atoms. The van der Waals surface area contributed by atoms with Crippen LogP contribution >= 0.6 is 12.4 Å². The largest absolute Gasteiger partial charge is 0.353 e. The number of hydrogen-bond donors (Lipinski definition) is 2. The van der Waals surface area contributed by atoms with Gasteiger partial charge in [-0.25, -0.2) is 0 Å². The van der Waals surface area contributed by atoms with E-state index in [0.29, 0.717) is 17.9 Å². The Kier molecular flexibility index (Phi) is 5.65. The normalized spacial score (nSPS) is 20.8. The average Bonchev–Trinajstić information content (AvgIpc) is 3.21. The minimum absolute atomic E-state index is 0. The van der Waals surface area contributed by atoms with Crippen molar-refractivity contribution in [1.82, 2.24) is 10.6 Å². The Morgan fingerprint density at radius 1 is 1.24 bits per heavy atom. The van der Waals surface area contributed by atoms with Crippen molar-refractivity contribution >= 4 is 18.3 Å². The molecule has 2 atom stereocenters. The molecule has 1 aliphatic carbocycles. The Balaban J connectivity index is 0.00000161. The molecule has 21 heavy (non-hydrogen) atoms. The highest BCUT2D eigenvalue weighted by atomic mass is 35.5. The zero-order valence-corrected chi connectivity index (χ0v) is 13.4. The van der Waals surface area contributed by atoms with Crippen molar-refractivity contribution < 1.29 is 4.79 Å². The molecular formula is C17H25ClN2O. The summed E-state index contributed by atoms with van der Waals surface area (Å²) in [6, 6.07) is 10.8. The van der Waals surface area contributed by atoms with Gasteiger partial charge in [0.2, 0.25) is 5.91 Å². The van der Waals surface area contributed by atoms with Gasteiger partial charge in [0.15, 0.2) is 0 Å². The smallest absolute Gasteiger partial charge is 0.223 e.